The number of ether oxygens (including phenoxy) is 6. The second-order valence-corrected chi connectivity index (χ2v) is 34.0. The molecule has 2 spiro atoms. The van der Waals surface area contributed by atoms with Gasteiger partial charge in [0.15, 0.2) is 58.3 Å². The van der Waals surface area contributed by atoms with Gasteiger partial charge in [0.25, 0.3) is 15.7 Å². The molecular weight excluding hydrogens is 1520 g/mol. The molecule has 4 aliphatic carbocycles. The average molecular weight is 1630 g/mol. The summed E-state index contributed by atoms with van der Waals surface area (Å²) in [6.07, 6.45) is 10.2. The fraction of sp³-hybridized carbons (Fsp3) is 0.595. The van der Waals surface area contributed by atoms with Crippen LogP contribution in [-0.2, 0) is 68.9 Å². The first kappa shape index (κ1) is 89.9. The van der Waals surface area contributed by atoms with Crippen LogP contribution in [0.5, 0.6) is 34.5 Å². The van der Waals surface area contributed by atoms with Crippen molar-refractivity contribution in [3.63, 3.8) is 0 Å². The number of nitrogens with zero attached hydrogens (tertiary/aromatic N) is 5. The Morgan fingerprint density at radius 2 is 1.22 bits per heavy atom. The van der Waals surface area contributed by atoms with E-state index in [9.17, 15) is 56.9 Å². The highest BCUT2D eigenvalue weighted by Gasteiger charge is 2.67. The van der Waals surface area contributed by atoms with E-state index in [1.807, 2.05) is 46.8 Å². The van der Waals surface area contributed by atoms with E-state index >= 15 is 0 Å². The Morgan fingerprint density at radius 3 is 1.71 bits per heavy atom. The number of benzene rings is 4. The number of piperidine rings is 2. The molecule has 31 heteroatoms. The highest BCUT2D eigenvalue weighted by Crippen LogP contribution is 2.65. The molecule has 13 rings (SSSR count). The first-order chi connectivity index (χ1) is 53.6. The molecule has 4 fully saturated rings. The monoisotopic (exact) mass is 1630 g/mol. The molecule has 2 saturated heterocycles. The number of hydrogen-bond acceptors (Lipinski definition) is 22. The molecule has 4 bridgehead atoms. The lowest BCUT2D eigenvalue weighted by molar-refractivity contribution is -0.384. The molecule has 29 nitrogen and oxygen atoms in total. The predicted octanol–water partition coefficient (Wildman–Crippen LogP) is 10.7. The largest absolute Gasteiger partial charge is 0.519 e. The van der Waals surface area contributed by atoms with Crippen LogP contribution in [0.3, 0.4) is 0 Å². The van der Waals surface area contributed by atoms with E-state index in [1.54, 1.807) is 30.9 Å². The minimum absolute atomic E-state index is 0. The smallest absolute Gasteiger partial charge is 0.487 e. The number of nitrogens with two attached hydrogens (primary N) is 2. The van der Waals surface area contributed by atoms with E-state index in [2.05, 4.69) is 44.2 Å². The number of rotatable bonds is 30. The number of unbranched alkanes of at least 4 members (excludes halogenated alkanes) is 2. The third kappa shape index (κ3) is 19.0. The number of nitrogens with one attached hydrogen (secondary N) is 4. The third-order valence-electron chi connectivity index (χ3n) is 24.6. The normalized spacial score (nSPS) is 23.0. The first-order valence-corrected chi connectivity index (χ1v) is 41.4. The van der Waals surface area contributed by atoms with Crippen molar-refractivity contribution in [1.29, 1.82) is 5.41 Å². The highest BCUT2D eigenvalue weighted by atomic mass is 32.2. The maximum Gasteiger partial charge on any atom is 0.519 e. The summed E-state index contributed by atoms with van der Waals surface area (Å²) in [6, 6.07) is 12.2. The van der Waals surface area contributed by atoms with Crippen molar-refractivity contribution in [1.82, 2.24) is 30.7 Å². The maximum absolute atomic E-state index is 13.3. The molecule has 8 N–H and O–H groups in total. The molecule has 4 aromatic rings. The van der Waals surface area contributed by atoms with Gasteiger partial charge in [-0.3, -0.25) is 44.3 Å². The topological polar surface area (TPSA) is 403 Å². The minimum Gasteiger partial charge on any atom is -0.487 e. The summed E-state index contributed by atoms with van der Waals surface area (Å²) in [5.41, 5.74) is 17.7. The van der Waals surface area contributed by atoms with Crippen molar-refractivity contribution in [3.05, 3.63) is 103 Å². The van der Waals surface area contributed by atoms with Gasteiger partial charge in [-0.2, -0.15) is 21.9 Å². The summed E-state index contributed by atoms with van der Waals surface area (Å²) >= 11 is 0. The number of Topliss-reactive ketones (excluding diaryl/α,β-unsaturated/α-hetero) is 4. The average Bonchev–Trinajstić information content (AvgIpc) is 1.54. The van der Waals surface area contributed by atoms with Crippen LogP contribution in [0.2, 0.25) is 0 Å². The summed E-state index contributed by atoms with van der Waals surface area (Å²) in [7, 11) is 0.311. The molecule has 9 aliphatic rings. The Morgan fingerprint density at radius 1 is 0.704 bits per heavy atom. The summed E-state index contributed by atoms with van der Waals surface area (Å²) in [5.74, 6) is 2.94. The van der Waals surface area contributed by atoms with Crippen LogP contribution >= 0.6 is 13.5 Å². The van der Waals surface area contributed by atoms with Crippen molar-refractivity contribution < 1.29 is 80.1 Å². The Bertz CT molecular complexity index is 4530. The summed E-state index contributed by atoms with van der Waals surface area (Å²) in [5, 5.41) is 26.8. The molecule has 0 aromatic heterocycles. The fourth-order valence-electron chi connectivity index (χ4n) is 19.2. The van der Waals surface area contributed by atoms with Gasteiger partial charge in [-0.1, -0.05) is 39.3 Å². The van der Waals surface area contributed by atoms with Crippen LogP contribution in [0.1, 0.15) is 209 Å². The molecular formula is C84H117N11O18S2. The number of carbonyl (C=O) groups is 8. The third-order valence-corrected chi connectivity index (χ3v) is 26.2. The summed E-state index contributed by atoms with van der Waals surface area (Å²) < 4.78 is 66.0. The Kier molecular flexibility index (Phi) is 29.3. The van der Waals surface area contributed by atoms with E-state index in [0.29, 0.717) is 149 Å². The zero-order valence-corrected chi connectivity index (χ0v) is 69.3. The lowest BCUT2D eigenvalue weighted by atomic mass is 9.52. The van der Waals surface area contributed by atoms with Gasteiger partial charge in [-0.05, 0) is 223 Å². The number of sulfonamides is 1. The van der Waals surface area contributed by atoms with Crippen molar-refractivity contribution >= 4 is 88.1 Å². The number of amides is 3. The van der Waals surface area contributed by atoms with Crippen molar-refractivity contribution in [3.8, 4) is 34.5 Å². The lowest BCUT2D eigenvalue weighted by Gasteiger charge is -2.57. The number of likely N-dealkylation sites (N-methyl/N-ethyl adjacent to an activating group) is 2. The standard InChI is InChI=1S/C32H45N5O6.C27H44N4O5S.C24H22N2O7.CH4.H2S/c1-4-37(16-7-9-24(39)22(35-19(2)38)8-5-6-10-27(33)34)31(41)42-26-14-11-20-18-23-21-12-13-25(40)30-32(21,15-17-36(23)3)28(20)29(26)43-30;1-8-29-15-11-13-23(33)22(30-20(5)32)12-9-10-14-24(28)31-37(34,35)26-18(3)17(2)25-21(19(26)4)16-27(6,7)36-25;1-25-11-10-24-16-7-8-18(27)22(24)33-21-19(9-2-13(20(21)24)12-17(16)25)32-23(28)31-15-5-3-14(4-6-15)26(29)30;;/h11,14,21-23,30H,4-10,12-13,15-18H2,1-3H3,(H3,33,34)(H,35,38);22,29H,8-16H2,1-7H3,(H2,28,31)(H,30,32);2-6,9,16-17,22H,7-8,10-12H2,1H3;1H4;1H2/t21?,22-,23+,30?,32-;22-;16?,17-,22+,24+;;/m001../s1. The zero-order chi connectivity index (χ0) is 81.8. The van der Waals surface area contributed by atoms with Crippen molar-refractivity contribution in [2.45, 2.75) is 262 Å². The molecule has 115 heavy (non-hydrogen) atoms. The number of nitro groups is 1. The predicted molar refractivity (Wildman–Crippen MR) is 439 cm³/mol. The number of amidine groups is 2. The molecule has 4 aromatic carbocycles. The first-order valence-electron chi connectivity index (χ1n) is 39.9. The molecule has 10 atom stereocenters. The van der Waals surface area contributed by atoms with E-state index in [0.717, 1.165) is 98.3 Å². The van der Waals surface area contributed by atoms with E-state index in [1.165, 1.54) is 43.7 Å². The molecule has 3 amide bonds. The number of hydrogen-bond donors (Lipinski definition) is 6. The van der Waals surface area contributed by atoms with E-state index < -0.39 is 57.1 Å². The van der Waals surface area contributed by atoms with Gasteiger partial charge in [0.2, 0.25) is 11.8 Å². The van der Waals surface area contributed by atoms with Gasteiger partial charge in [-0.25, -0.2) is 9.59 Å². The van der Waals surface area contributed by atoms with Gasteiger partial charge in [-0.15, -0.1) is 4.40 Å². The van der Waals surface area contributed by atoms with Gasteiger partial charge < -0.3 is 70.5 Å². The molecule has 3 unspecified atom stereocenters. The molecule has 628 valence electrons. The molecule has 5 aliphatic heterocycles. The van der Waals surface area contributed by atoms with E-state index in [-0.39, 0.29) is 113 Å². The van der Waals surface area contributed by atoms with Gasteiger partial charge in [0, 0.05) is 124 Å². The number of non-ortho nitro benzene ring substituents is 1. The van der Waals surface area contributed by atoms with E-state index in [4.69, 9.17) is 45.3 Å². The quantitative estimate of drug-likeness (QED) is 0.00537. The second kappa shape index (κ2) is 37.5. The summed E-state index contributed by atoms with van der Waals surface area (Å²) in [6.45, 7) is 20.2. The zero-order valence-electron chi connectivity index (χ0n) is 67.5. The van der Waals surface area contributed by atoms with Crippen LogP contribution in [0.4, 0.5) is 15.3 Å². The number of fused-ring (bicyclic) bond motifs is 1. The van der Waals surface area contributed by atoms with Crippen molar-refractivity contribution in [2.75, 3.05) is 53.4 Å². The van der Waals surface area contributed by atoms with Crippen LogP contribution in [0.25, 0.3) is 0 Å². The van der Waals surface area contributed by atoms with Gasteiger partial charge >= 0.3 is 12.2 Å². The number of nitro benzene ring substituents is 1. The van der Waals surface area contributed by atoms with Crippen LogP contribution < -0.4 is 55.8 Å². The maximum atomic E-state index is 13.3. The Hall–Kier alpha value is -9.04. The fourth-order valence-corrected chi connectivity index (χ4v) is 20.8. The number of ketones is 4. The SMILES string of the molecule is C.CCN(CCCC(=O)[C@H](CCCCC(=N)N)NC(C)=O)C(=O)Oc1ccc2c3c1OC1C(=O)CCC4[C@@H](C2)N(C)CC[C@]314.CCNCCCC(=O)[C@H](CCCCC(N)=NS(=O)(=O)c1c(C)c(C)c2c(c1C)CC(C)(C)O2)NC(C)=O.CN1CC[C@]23c4c5ccc(OC(=O)Oc6ccc([N+](=O)[O-])cc6)c4O[C@H]2C(=O)CCC3[C@H]1C5.S. The van der Waals surface area contributed by atoms with Gasteiger partial charge in [0.05, 0.1) is 27.7 Å². The number of carbonyl (C=O) groups excluding carboxylic acids is 8. The Balaban J connectivity index is 0.000000197. The molecule has 0 radical (unpaired) electrons. The summed E-state index contributed by atoms with van der Waals surface area (Å²) in [4.78, 5) is 117. The Labute approximate surface area is 681 Å². The lowest BCUT2D eigenvalue weighted by Crippen LogP contribution is -2.65. The molecule has 5 heterocycles. The van der Waals surface area contributed by atoms with Crippen LogP contribution in [-0.4, -0.2) is 182 Å². The minimum atomic E-state index is -4.01. The number of likely N-dealkylation sites (tertiary alicyclic amines) is 2. The highest BCUT2D eigenvalue weighted by molar-refractivity contribution is 7.90. The van der Waals surface area contributed by atoms with Crippen molar-refractivity contribution in [2.24, 2.45) is 27.7 Å². The molecule has 2 saturated carbocycles. The van der Waals surface area contributed by atoms with Gasteiger partial charge in [0.1, 0.15) is 22.9 Å². The second-order valence-electron chi connectivity index (χ2n) is 32.4. The van der Waals surface area contributed by atoms with Crippen LogP contribution in [0.15, 0.2) is 57.8 Å². The van der Waals surface area contributed by atoms with Crippen LogP contribution in [0, 0.1) is 48.1 Å².